The van der Waals surface area contributed by atoms with Crippen molar-refractivity contribution in [2.45, 2.75) is 19.4 Å². The molecule has 6 heteroatoms. The van der Waals surface area contributed by atoms with Gasteiger partial charge in [0, 0.05) is 30.3 Å². The van der Waals surface area contributed by atoms with Gasteiger partial charge in [-0.1, -0.05) is 37.3 Å². The second-order valence-corrected chi connectivity index (χ2v) is 7.27. The number of ether oxygens (including phenoxy) is 1. The highest BCUT2D eigenvalue weighted by Crippen LogP contribution is 2.34. The number of methoxy groups -OCH3 is 1. The molecule has 3 aromatic rings. The summed E-state index contributed by atoms with van der Waals surface area (Å²) in [6.45, 7) is 2.80. The summed E-state index contributed by atoms with van der Waals surface area (Å²) in [6, 6.07) is 15.2. The van der Waals surface area contributed by atoms with Crippen molar-refractivity contribution in [2.24, 2.45) is 0 Å². The van der Waals surface area contributed by atoms with E-state index in [1.54, 1.807) is 29.2 Å². The lowest BCUT2D eigenvalue weighted by molar-refractivity contribution is -0.127. The Balaban J connectivity index is 1.82. The Morgan fingerprint density at radius 1 is 1.13 bits per heavy atom. The van der Waals surface area contributed by atoms with E-state index in [2.05, 4.69) is 5.32 Å². The van der Waals surface area contributed by atoms with Gasteiger partial charge in [0.2, 0.25) is 5.91 Å². The highest BCUT2D eigenvalue weighted by atomic mass is 19.1. The molecule has 5 nitrogen and oxygen atoms in total. The lowest BCUT2D eigenvalue weighted by atomic mass is 9.93. The van der Waals surface area contributed by atoms with Gasteiger partial charge in [0.15, 0.2) is 0 Å². The molecule has 0 radical (unpaired) electrons. The lowest BCUT2D eigenvalue weighted by Crippen LogP contribution is -2.56. The molecule has 154 valence electrons. The van der Waals surface area contributed by atoms with Crippen LogP contribution in [0.5, 0.6) is 5.75 Å². The van der Waals surface area contributed by atoms with Crippen LogP contribution in [0.15, 0.2) is 54.6 Å². The van der Waals surface area contributed by atoms with Crippen molar-refractivity contribution in [1.82, 2.24) is 10.2 Å². The second kappa shape index (κ2) is 8.14. The van der Waals surface area contributed by atoms with Crippen LogP contribution in [0.1, 0.15) is 23.7 Å². The average molecular weight is 406 g/mol. The maximum atomic E-state index is 14.7. The zero-order valence-corrected chi connectivity index (χ0v) is 16.9. The number of halogens is 1. The molecule has 1 atom stereocenters. The van der Waals surface area contributed by atoms with E-state index in [1.165, 1.54) is 13.2 Å². The summed E-state index contributed by atoms with van der Waals surface area (Å²) in [5.74, 6) is -0.258. The molecule has 1 heterocycles. The number of piperazine rings is 1. The van der Waals surface area contributed by atoms with Gasteiger partial charge >= 0.3 is 0 Å². The lowest BCUT2D eigenvalue weighted by Gasteiger charge is -2.34. The quantitative estimate of drug-likeness (QED) is 0.712. The topological polar surface area (TPSA) is 58.6 Å². The van der Waals surface area contributed by atoms with E-state index in [0.29, 0.717) is 42.0 Å². The van der Waals surface area contributed by atoms with Gasteiger partial charge in [0.05, 0.1) is 7.11 Å². The molecule has 4 rings (SSSR count). The zero-order chi connectivity index (χ0) is 21.3. The van der Waals surface area contributed by atoms with E-state index < -0.39 is 11.9 Å². The molecule has 1 fully saturated rings. The van der Waals surface area contributed by atoms with Gasteiger partial charge in [0.25, 0.3) is 5.91 Å². The average Bonchev–Trinajstić information content (AvgIpc) is 2.77. The Morgan fingerprint density at radius 3 is 2.57 bits per heavy atom. The standard InChI is InChI=1S/C24H23FN2O3/c1-3-22-23(28)26-12-13-27(22)24(29)20-11-10-18(16-6-4-5-7-17(16)20)19-9-8-15(30-2)14-21(19)25/h4-11,14,22H,3,12-13H2,1-2H3,(H,26,28). The van der Waals surface area contributed by atoms with Crippen LogP contribution in [-0.2, 0) is 4.79 Å². The molecule has 0 spiro atoms. The molecule has 30 heavy (non-hydrogen) atoms. The SMILES string of the molecule is CCC1C(=O)NCCN1C(=O)c1ccc(-c2ccc(OC)cc2F)c2ccccc12. The van der Waals surface area contributed by atoms with Gasteiger partial charge in [-0.15, -0.1) is 0 Å². The van der Waals surface area contributed by atoms with Crippen molar-refractivity contribution >= 4 is 22.6 Å². The maximum absolute atomic E-state index is 14.7. The molecule has 3 aromatic carbocycles. The summed E-state index contributed by atoms with van der Waals surface area (Å²) in [7, 11) is 1.49. The molecule has 1 N–H and O–H groups in total. The Bertz CT molecular complexity index is 1130. The van der Waals surface area contributed by atoms with E-state index in [9.17, 15) is 14.0 Å². The van der Waals surface area contributed by atoms with Crippen molar-refractivity contribution in [2.75, 3.05) is 20.2 Å². The maximum Gasteiger partial charge on any atom is 0.255 e. The summed E-state index contributed by atoms with van der Waals surface area (Å²) >= 11 is 0. The van der Waals surface area contributed by atoms with E-state index >= 15 is 0 Å². The Morgan fingerprint density at radius 2 is 1.87 bits per heavy atom. The van der Waals surface area contributed by atoms with Gasteiger partial charge in [0.1, 0.15) is 17.6 Å². The molecular formula is C24H23FN2O3. The number of hydrogen-bond acceptors (Lipinski definition) is 3. The fourth-order valence-corrected chi connectivity index (χ4v) is 4.08. The van der Waals surface area contributed by atoms with Crippen LogP contribution >= 0.6 is 0 Å². The first-order valence-corrected chi connectivity index (χ1v) is 9.99. The minimum Gasteiger partial charge on any atom is -0.497 e. The number of rotatable bonds is 4. The molecule has 0 aliphatic carbocycles. The van der Waals surface area contributed by atoms with Gasteiger partial charge in [-0.25, -0.2) is 4.39 Å². The number of carbonyl (C=O) groups excluding carboxylic acids is 2. The van der Waals surface area contributed by atoms with Gasteiger partial charge in [-0.05, 0) is 41.0 Å². The molecule has 1 saturated heterocycles. The second-order valence-electron chi connectivity index (χ2n) is 7.27. The fraction of sp³-hybridized carbons (Fsp3) is 0.250. The molecule has 0 saturated carbocycles. The van der Waals surface area contributed by atoms with Gasteiger partial charge in [-0.3, -0.25) is 9.59 Å². The van der Waals surface area contributed by atoms with Gasteiger partial charge in [-0.2, -0.15) is 0 Å². The first kappa shape index (κ1) is 19.9. The van der Waals surface area contributed by atoms with Crippen LogP contribution in [0.25, 0.3) is 21.9 Å². The number of carbonyl (C=O) groups is 2. The molecule has 0 aromatic heterocycles. The number of benzene rings is 3. The number of amides is 2. The molecular weight excluding hydrogens is 383 g/mol. The molecule has 1 aliphatic rings. The summed E-state index contributed by atoms with van der Waals surface area (Å²) in [4.78, 5) is 27.2. The monoisotopic (exact) mass is 406 g/mol. The molecule has 1 unspecified atom stereocenters. The Labute approximate surface area is 174 Å². The van der Waals surface area contributed by atoms with E-state index in [4.69, 9.17) is 4.74 Å². The smallest absolute Gasteiger partial charge is 0.255 e. The number of nitrogens with one attached hydrogen (secondary N) is 1. The third-order valence-electron chi connectivity index (χ3n) is 5.60. The molecule has 0 bridgehead atoms. The van der Waals surface area contributed by atoms with E-state index in [1.807, 2.05) is 31.2 Å². The normalized spacial score (nSPS) is 16.4. The highest BCUT2D eigenvalue weighted by molar-refractivity contribution is 6.11. The van der Waals surface area contributed by atoms with Crippen molar-refractivity contribution < 1.29 is 18.7 Å². The van der Waals surface area contributed by atoms with Crippen LogP contribution in [0.2, 0.25) is 0 Å². The van der Waals surface area contributed by atoms with E-state index in [-0.39, 0.29) is 11.8 Å². The van der Waals surface area contributed by atoms with Crippen LogP contribution in [0.3, 0.4) is 0 Å². The van der Waals surface area contributed by atoms with Crippen molar-refractivity contribution in [3.8, 4) is 16.9 Å². The Hall–Kier alpha value is -3.41. The predicted octanol–water partition coefficient (Wildman–Crippen LogP) is 4.01. The van der Waals surface area contributed by atoms with Crippen molar-refractivity contribution in [1.29, 1.82) is 0 Å². The minimum absolute atomic E-state index is 0.127. The first-order chi connectivity index (χ1) is 14.5. The molecule has 2 amide bonds. The summed E-state index contributed by atoms with van der Waals surface area (Å²) in [5, 5.41) is 4.33. The van der Waals surface area contributed by atoms with E-state index in [0.717, 1.165) is 10.8 Å². The number of nitrogens with zero attached hydrogens (tertiary/aromatic N) is 1. The zero-order valence-electron chi connectivity index (χ0n) is 16.9. The van der Waals surface area contributed by atoms with Crippen LogP contribution in [0.4, 0.5) is 4.39 Å². The van der Waals surface area contributed by atoms with Gasteiger partial charge < -0.3 is 15.0 Å². The fourth-order valence-electron chi connectivity index (χ4n) is 4.08. The third kappa shape index (κ3) is 3.38. The predicted molar refractivity (Wildman–Crippen MR) is 114 cm³/mol. The van der Waals surface area contributed by atoms with Crippen LogP contribution in [-0.4, -0.2) is 43.0 Å². The summed E-state index contributed by atoms with van der Waals surface area (Å²) < 4.78 is 19.8. The minimum atomic E-state index is -0.483. The first-order valence-electron chi connectivity index (χ1n) is 9.99. The Kier molecular flexibility index (Phi) is 5.40. The highest BCUT2D eigenvalue weighted by Gasteiger charge is 2.32. The summed E-state index contributed by atoms with van der Waals surface area (Å²) in [6.07, 6.45) is 0.546. The molecule has 1 aliphatic heterocycles. The van der Waals surface area contributed by atoms with Crippen molar-refractivity contribution in [3.05, 3.63) is 66.0 Å². The largest absolute Gasteiger partial charge is 0.497 e. The van der Waals surface area contributed by atoms with Crippen molar-refractivity contribution in [3.63, 3.8) is 0 Å². The van der Waals surface area contributed by atoms with Crippen LogP contribution in [0, 0.1) is 5.82 Å². The number of fused-ring (bicyclic) bond motifs is 1. The summed E-state index contributed by atoms with van der Waals surface area (Å²) in [5.41, 5.74) is 1.65. The third-order valence-corrected chi connectivity index (χ3v) is 5.60. The van der Waals surface area contributed by atoms with Crippen LogP contribution < -0.4 is 10.1 Å². The number of hydrogen-bond donors (Lipinski definition) is 1.